The van der Waals surface area contributed by atoms with Crippen LogP contribution in [0.5, 0.6) is 0 Å². The number of rotatable bonds is 6. The van der Waals surface area contributed by atoms with Crippen LogP contribution in [0.2, 0.25) is 0 Å². The molecule has 1 N–H and O–H groups in total. The first-order valence-electron chi connectivity index (χ1n) is 8.31. The number of aromatic nitrogens is 2. The first-order chi connectivity index (χ1) is 12.8. The summed E-state index contributed by atoms with van der Waals surface area (Å²) in [7, 11) is -3.32. The van der Waals surface area contributed by atoms with Crippen LogP contribution in [-0.2, 0) is 35.7 Å². The molecule has 0 fully saturated rings. The predicted molar refractivity (Wildman–Crippen MR) is 94.3 cm³/mol. The van der Waals surface area contributed by atoms with E-state index in [-0.39, 0.29) is 36.8 Å². The summed E-state index contributed by atoms with van der Waals surface area (Å²) >= 11 is 0. The average Bonchev–Trinajstić information content (AvgIpc) is 3.07. The summed E-state index contributed by atoms with van der Waals surface area (Å²) < 4.78 is 43.1. The molecular weight excluding hydrogens is 377 g/mol. The molecule has 0 unspecified atom stereocenters. The Bertz CT molecular complexity index is 983. The van der Waals surface area contributed by atoms with E-state index in [4.69, 9.17) is 4.74 Å². The molecule has 1 amide bonds. The molecule has 0 radical (unpaired) electrons. The van der Waals surface area contributed by atoms with Crippen LogP contribution >= 0.6 is 0 Å². The number of carbonyl (C=O) groups excluding carboxylic acids is 2. The fraction of sp³-hybridized carbons (Fsp3) is 0.353. The van der Waals surface area contributed by atoms with Crippen molar-refractivity contribution in [2.75, 3.05) is 11.9 Å². The van der Waals surface area contributed by atoms with E-state index in [2.05, 4.69) is 10.4 Å². The van der Waals surface area contributed by atoms with Gasteiger partial charge in [-0.05, 0) is 31.2 Å². The summed E-state index contributed by atoms with van der Waals surface area (Å²) in [5, 5.41) is 6.91. The van der Waals surface area contributed by atoms with Crippen molar-refractivity contribution in [3.8, 4) is 5.69 Å². The second-order valence-corrected chi connectivity index (χ2v) is 8.11. The Hall–Kier alpha value is -2.75. The number of nitrogens with zero attached hydrogens (tertiary/aromatic N) is 2. The molecule has 0 aliphatic carbocycles. The zero-order valence-electron chi connectivity index (χ0n) is 14.6. The third-order valence-electron chi connectivity index (χ3n) is 3.98. The molecule has 0 spiro atoms. The molecule has 0 saturated heterocycles. The topological polar surface area (TPSA) is 107 Å². The molecule has 10 heteroatoms. The summed E-state index contributed by atoms with van der Waals surface area (Å²) in [6, 6.07) is 5.43. The molecule has 1 aromatic heterocycles. The minimum absolute atomic E-state index is 0.0924. The van der Waals surface area contributed by atoms with Gasteiger partial charge in [0.05, 0.1) is 35.9 Å². The molecule has 0 saturated carbocycles. The van der Waals surface area contributed by atoms with E-state index in [9.17, 15) is 22.4 Å². The lowest BCUT2D eigenvalue weighted by Gasteiger charge is -2.11. The van der Waals surface area contributed by atoms with Gasteiger partial charge in [-0.25, -0.2) is 17.5 Å². The van der Waals surface area contributed by atoms with Crippen LogP contribution in [0, 0.1) is 5.82 Å². The SMILES string of the molecule is CCOC(=O)CCC(=O)Nc1c2c(nn1-c1ccc(F)cc1)CS(=O)(=O)C2. The van der Waals surface area contributed by atoms with Crippen LogP contribution in [0.4, 0.5) is 10.2 Å². The maximum atomic E-state index is 13.2. The molecule has 8 nitrogen and oxygen atoms in total. The molecule has 27 heavy (non-hydrogen) atoms. The Labute approximate surface area is 155 Å². The third kappa shape index (κ3) is 4.33. The number of halogens is 1. The lowest BCUT2D eigenvalue weighted by molar-refractivity contribution is -0.144. The monoisotopic (exact) mass is 395 g/mol. The quantitative estimate of drug-likeness (QED) is 0.747. The van der Waals surface area contributed by atoms with E-state index in [1.165, 1.54) is 28.9 Å². The molecule has 2 heterocycles. The summed E-state index contributed by atoms with van der Waals surface area (Å²) in [4.78, 5) is 23.7. The number of hydrogen-bond acceptors (Lipinski definition) is 6. The van der Waals surface area contributed by atoms with Crippen LogP contribution in [-0.4, -0.2) is 36.7 Å². The Morgan fingerprint density at radius 1 is 1.22 bits per heavy atom. The van der Waals surface area contributed by atoms with Crippen molar-refractivity contribution in [1.29, 1.82) is 0 Å². The van der Waals surface area contributed by atoms with Gasteiger partial charge in [0.1, 0.15) is 11.6 Å². The molecular formula is C17H18FN3O5S. The van der Waals surface area contributed by atoms with Crippen molar-refractivity contribution in [2.24, 2.45) is 0 Å². The molecule has 0 bridgehead atoms. The van der Waals surface area contributed by atoms with E-state index in [1.807, 2.05) is 0 Å². The average molecular weight is 395 g/mol. The van der Waals surface area contributed by atoms with Crippen molar-refractivity contribution in [2.45, 2.75) is 31.3 Å². The van der Waals surface area contributed by atoms with Gasteiger partial charge in [-0.3, -0.25) is 9.59 Å². The predicted octanol–water partition coefficient (Wildman–Crippen LogP) is 1.72. The highest BCUT2D eigenvalue weighted by Crippen LogP contribution is 2.33. The van der Waals surface area contributed by atoms with Gasteiger partial charge in [-0.1, -0.05) is 0 Å². The second-order valence-electron chi connectivity index (χ2n) is 6.05. The standard InChI is InChI=1S/C17H18FN3O5S/c1-2-26-16(23)8-7-15(22)19-17-13-9-27(24,25)10-14(13)20-21(17)12-5-3-11(18)4-6-12/h3-6H,2,7-10H2,1H3,(H,19,22). The number of benzene rings is 1. The minimum atomic E-state index is -3.32. The van der Waals surface area contributed by atoms with Gasteiger partial charge in [0.2, 0.25) is 5.91 Å². The maximum absolute atomic E-state index is 13.2. The van der Waals surface area contributed by atoms with E-state index < -0.39 is 27.5 Å². The summed E-state index contributed by atoms with van der Waals surface area (Å²) in [6.07, 6.45) is -0.209. The Morgan fingerprint density at radius 2 is 1.93 bits per heavy atom. The number of nitrogens with one attached hydrogen (secondary N) is 1. The third-order valence-corrected chi connectivity index (χ3v) is 5.42. The van der Waals surface area contributed by atoms with Crippen molar-refractivity contribution < 1.29 is 27.1 Å². The van der Waals surface area contributed by atoms with Gasteiger partial charge in [0.15, 0.2) is 9.84 Å². The number of fused-ring (bicyclic) bond motifs is 1. The number of amides is 1. The maximum Gasteiger partial charge on any atom is 0.306 e. The largest absolute Gasteiger partial charge is 0.466 e. The fourth-order valence-corrected chi connectivity index (χ4v) is 4.28. The van der Waals surface area contributed by atoms with Crippen molar-refractivity contribution >= 4 is 27.5 Å². The van der Waals surface area contributed by atoms with Crippen LogP contribution < -0.4 is 5.32 Å². The molecule has 0 atom stereocenters. The highest BCUT2D eigenvalue weighted by molar-refractivity contribution is 7.90. The zero-order valence-corrected chi connectivity index (χ0v) is 15.4. The molecule has 1 aliphatic rings. The van der Waals surface area contributed by atoms with Gasteiger partial charge >= 0.3 is 5.97 Å². The van der Waals surface area contributed by atoms with Crippen LogP contribution in [0.1, 0.15) is 31.0 Å². The Morgan fingerprint density at radius 3 is 2.59 bits per heavy atom. The van der Waals surface area contributed by atoms with Crippen LogP contribution in [0.3, 0.4) is 0 Å². The van der Waals surface area contributed by atoms with Crippen molar-refractivity contribution in [3.63, 3.8) is 0 Å². The molecule has 144 valence electrons. The second kappa shape index (κ2) is 7.47. The van der Waals surface area contributed by atoms with E-state index in [0.29, 0.717) is 16.9 Å². The summed E-state index contributed by atoms with van der Waals surface area (Å²) in [5.74, 6) is -1.64. The van der Waals surface area contributed by atoms with Gasteiger partial charge in [-0.2, -0.15) is 5.10 Å². The first-order valence-corrected chi connectivity index (χ1v) is 10.1. The normalized spacial score (nSPS) is 14.6. The lowest BCUT2D eigenvalue weighted by Crippen LogP contribution is -2.18. The molecule has 2 aromatic rings. The Kier molecular flexibility index (Phi) is 5.26. The number of sulfone groups is 1. The van der Waals surface area contributed by atoms with Gasteiger partial charge in [0, 0.05) is 12.0 Å². The lowest BCUT2D eigenvalue weighted by atomic mass is 10.2. The summed E-state index contributed by atoms with van der Waals surface area (Å²) in [5.41, 5.74) is 1.23. The van der Waals surface area contributed by atoms with Crippen LogP contribution in [0.15, 0.2) is 24.3 Å². The first kappa shape index (κ1) is 19.0. The van der Waals surface area contributed by atoms with Gasteiger partial charge in [0.25, 0.3) is 0 Å². The molecule has 1 aliphatic heterocycles. The number of esters is 1. The van der Waals surface area contributed by atoms with E-state index in [1.54, 1.807) is 6.92 Å². The number of ether oxygens (including phenoxy) is 1. The number of anilines is 1. The van der Waals surface area contributed by atoms with Gasteiger partial charge in [-0.15, -0.1) is 0 Å². The van der Waals surface area contributed by atoms with Crippen LogP contribution in [0.25, 0.3) is 5.69 Å². The minimum Gasteiger partial charge on any atom is -0.466 e. The smallest absolute Gasteiger partial charge is 0.306 e. The molecule has 1 aromatic carbocycles. The van der Waals surface area contributed by atoms with E-state index in [0.717, 1.165) is 0 Å². The number of carbonyl (C=O) groups is 2. The number of hydrogen-bond donors (Lipinski definition) is 1. The van der Waals surface area contributed by atoms with Gasteiger partial charge < -0.3 is 10.1 Å². The van der Waals surface area contributed by atoms with Crippen molar-refractivity contribution in [1.82, 2.24) is 9.78 Å². The highest BCUT2D eigenvalue weighted by atomic mass is 32.2. The zero-order chi connectivity index (χ0) is 19.6. The van der Waals surface area contributed by atoms with Crippen molar-refractivity contribution in [3.05, 3.63) is 41.3 Å². The summed E-state index contributed by atoms with van der Waals surface area (Å²) in [6.45, 7) is 1.89. The molecule has 3 rings (SSSR count). The van der Waals surface area contributed by atoms with E-state index >= 15 is 0 Å². The Balaban J connectivity index is 1.87. The highest BCUT2D eigenvalue weighted by Gasteiger charge is 2.33. The fourth-order valence-electron chi connectivity index (χ4n) is 2.78.